The second-order valence-electron chi connectivity index (χ2n) is 8.25. The Balaban J connectivity index is 1.52. The number of hydrogen-bond donors (Lipinski definition) is 1. The standard InChI is InChI=1S/C27H31NO4/c1-20-10-9-15-25(28-27(30)31-19-23-13-7-4-8-14-23)24(20)16-17-26(29)32-21(2)18-22-11-5-3-6-12-22/h3-9,11-17,20-21,24-25H,10,18-19H2,1-2H3,(H,28,30). The minimum absolute atomic E-state index is 0.0266. The first-order valence-electron chi connectivity index (χ1n) is 11.1. The van der Waals surface area contributed by atoms with Crippen molar-refractivity contribution in [2.75, 3.05) is 0 Å². The van der Waals surface area contributed by atoms with Gasteiger partial charge in [0.2, 0.25) is 0 Å². The van der Waals surface area contributed by atoms with Crippen LogP contribution in [0.25, 0.3) is 0 Å². The number of nitrogens with one attached hydrogen (secondary N) is 1. The number of alkyl carbamates (subject to hydrolysis) is 1. The lowest BCUT2D eigenvalue weighted by atomic mass is 9.80. The van der Waals surface area contributed by atoms with Gasteiger partial charge in [0, 0.05) is 18.4 Å². The molecule has 5 nitrogen and oxygen atoms in total. The monoisotopic (exact) mass is 433 g/mol. The van der Waals surface area contributed by atoms with E-state index < -0.39 is 6.09 Å². The Kier molecular flexibility index (Phi) is 8.67. The maximum Gasteiger partial charge on any atom is 0.407 e. The zero-order valence-electron chi connectivity index (χ0n) is 18.6. The predicted molar refractivity (Wildman–Crippen MR) is 125 cm³/mol. The lowest BCUT2D eigenvalue weighted by Crippen LogP contribution is -2.42. The molecule has 32 heavy (non-hydrogen) atoms. The first kappa shape index (κ1) is 23.3. The first-order chi connectivity index (χ1) is 15.5. The van der Waals surface area contributed by atoms with Gasteiger partial charge in [-0.25, -0.2) is 9.59 Å². The minimum Gasteiger partial charge on any atom is -0.459 e. The molecular formula is C27H31NO4. The van der Waals surface area contributed by atoms with Crippen LogP contribution in [0.4, 0.5) is 4.79 Å². The smallest absolute Gasteiger partial charge is 0.407 e. The maximum absolute atomic E-state index is 12.3. The summed E-state index contributed by atoms with van der Waals surface area (Å²) in [5.41, 5.74) is 2.06. The molecule has 0 heterocycles. The molecule has 1 aliphatic rings. The van der Waals surface area contributed by atoms with Crippen molar-refractivity contribution in [2.45, 2.75) is 45.4 Å². The molecule has 0 radical (unpaired) electrons. The third-order valence-corrected chi connectivity index (χ3v) is 5.56. The van der Waals surface area contributed by atoms with Crippen molar-refractivity contribution in [1.82, 2.24) is 5.32 Å². The molecule has 0 aliphatic heterocycles. The summed E-state index contributed by atoms with van der Waals surface area (Å²) in [5, 5.41) is 2.92. The van der Waals surface area contributed by atoms with Crippen LogP contribution >= 0.6 is 0 Å². The topological polar surface area (TPSA) is 64.6 Å². The van der Waals surface area contributed by atoms with Crippen LogP contribution in [0.2, 0.25) is 0 Å². The number of hydrogen-bond acceptors (Lipinski definition) is 4. The van der Waals surface area contributed by atoms with E-state index in [0.29, 0.717) is 6.42 Å². The average molecular weight is 434 g/mol. The van der Waals surface area contributed by atoms with Gasteiger partial charge in [-0.15, -0.1) is 0 Å². The molecule has 2 aromatic carbocycles. The van der Waals surface area contributed by atoms with E-state index in [4.69, 9.17) is 9.47 Å². The fourth-order valence-corrected chi connectivity index (χ4v) is 3.85. The van der Waals surface area contributed by atoms with Crippen LogP contribution < -0.4 is 5.32 Å². The van der Waals surface area contributed by atoms with Gasteiger partial charge >= 0.3 is 12.1 Å². The lowest BCUT2D eigenvalue weighted by molar-refractivity contribution is -0.142. The van der Waals surface area contributed by atoms with Gasteiger partial charge in [-0.1, -0.05) is 85.8 Å². The summed E-state index contributed by atoms with van der Waals surface area (Å²) in [6.07, 6.45) is 8.18. The van der Waals surface area contributed by atoms with Gasteiger partial charge in [-0.05, 0) is 30.4 Å². The molecule has 0 saturated carbocycles. The van der Waals surface area contributed by atoms with Crippen LogP contribution in [-0.4, -0.2) is 24.2 Å². The van der Waals surface area contributed by atoms with Gasteiger partial charge in [-0.3, -0.25) is 0 Å². The Hall–Kier alpha value is -3.34. The van der Waals surface area contributed by atoms with Crippen LogP contribution in [0.15, 0.2) is 85.0 Å². The number of esters is 1. The van der Waals surface area contributed by atoms with E-state index in [1.165, 1.54) is 6.08 Å². The van der Waals surface area contributed by atoms with Crippen molar-refractivity contribution < 1.29 is 19.1 Å². The predicted octanol–water partition coefficient (Wildman–Crippen LogP) is 5.22. The molecule has 1 N–H and O–H groups in total. The quantitative estimate of drug-likeness (QED) is 0.352. The fourth-order valence-electron chi connectivity index (χ4n) is 3.85. The van der Waals surface area contributed by atoms with E-state index in [-0.39, 0.29) is 36.6 Å². The van der Waals surface area contributed by atoms with E-state index in [9.17, 15) is 9.59 Å². The highest BCUT2D eigenvalue weighted by Crippen LogP contribution is 2.27. The number of rotatable bonds is 8. The molecule has 3 rings (SSSR count). The third-order valence-electron chi connectivity index (χ3n) is 5.56. The second kappa shape index (κ2) is 11.9. The van der Waals surface area contributed by atoms with Crippen molar-refractivity contribution in [1.29, 1.82) is 0 Å². The fraction of sp³-hybridized carbons (Fsp3) is 0.333. The molecular weight excluding hydrogens is 402 g/mol. The summed E-state index contributed by atoms with van der Waals surface area (Å²) >= 11 is 0. The molecule has 0 saturated heterocycles. The zero-order chi connectivity index (χ0) is 22.8. The van der Waals surface area contributed by atoms with Crippen molar-refractivity contribution in [2.24, 2.45) is 11.8 Å². The van der Waals surface area contributed by atoms with Crippen LogP contribution in [-0.2, 0) is 27.3 Å². The Morgan fingerprint density at radius 1 is 1.06 bits per heavy atom. The van der Waals surface area contributed by atoms with E-state index >= 15 is 0 Å². The van der Waals surface area contributed by atoms with Crippen LogP contribution in [0.3, 0.4) is 0 Å². The van der Waals surface area contributed by atoms with E-state index in [1.807, 2.05) is 79.7 Å². The maximum atomic E-state index is 12.3. The highest BCUT2D eigenvalue weighted by molar-refractivity contribution is 5.82. The van der Waals surface area contributed by atoms with Crippen molar-refractivity contribution >= 4 is 12.1 Å². The normalized spacial score (nSPS) is 21.1. The Bertz CT molecular complexity index is 923. The van der Waals surface area contributed by atoms with Crippen molar-refractivity contribution in [3.63, 3.8) is 0 Å². The van der Waals surface area contributed by atoms with Gasteiger partial charge in [0.1, 0.15) is 12.7 Å². The molecule has 0 bridgehead atoms. The van der Waals surface area contributed by atoms with E-state index in [2.05, 4.69) is 18.3 Å². The highest BCUT2D eigenvalue weighted by Gasteiger charge is 2.27. The zero-order valence-corrected chi connectivity index (χ0v) is 18.6. The molecule has 4 atom stereocenters. The largest absolute Gasteiger partial charge is 0.459 e. The summed E-state index contributed by atoms with van der Waals surface area (Å²) in [7, 11) is 0. The molecule has 5 heteroatoms. The van der Waals surface area contributed by atoms with Crippen LogP contribution in [0.1, 0.15) is 31.4 Å². The number of allylic oxidation sites excluding steroid dienone is 1. The number of carbonyl (C=O) groups is 2. The number of amides is 1. The molecule has 0 fully saturated rings. The molecule has 168 valence electrons. The number of ether oxygens (including phenoxy) is 2. The summed E-state index contributed by atoms with van der Waals surface area (Å²) in [5.74, 6) is -0.132. The summed E-state index contributed by atoms with van der Waals surface area (Å²) in [4.78, 5) is 24.7. The van der Waals surface area contributed by atoms with Gasteiger partial charge in [0.25, 0.3) is 0 Å². The lowest BCUT2D eigenvalue weighted by Gasteiger charge is -2.31. The summed E-state index contributed by atoms with van der Waals surface area (Å²) in [6, 6.07) is 19.2. The first-order valence-corrected chi connectivity index (χ1v) is 11.1. The summed E-state index contributed by atoms with van der Waals surface area (Å²) in [6.45, 7) is 4.20. The van der Waals surface area contributed by atoms with Crippen molar-refractivity contribution in [3.8, 4) is 0 Å². The minimum atomic E-state index is -0.477. The van der Waals surface area contributed by atoms with E-state index in [1.54, 1.807) is 0 Å². The van der Waals surface area contributed by atoms with Gasteiger partial charge in [0.15, 0.2) is 0 Å². The summed E-state index contributed by atoms with van der Waals surface area (Å²) < 4.78 is 10.9. The SMILES string of the molecule is CC(Cc1ccccc1)OC(=O)C=CC1C(C)CC=CC1NC(=O)OCc1ccccc1. The van der Waals surface area contributed by atoms with E-state index in [0.717, 1.165) is 17.5 Å². The Labute approximate surface area is 190 Å². The average Bonchev–Trinajstić information content (AvgIpc) is 2.78. The molecule has 1 amide bonds. The molecule has 0 spiro atoms. The molecule has 2 aromatic rings. The molecule has 0 aromatic heterocycles. The number of benzene rings is 2. The number of carbonyl (C=O) groups excluding carboxylic acids is 2. The second-order valence-corrected chi connectivity index (χ2v) is 8.25. The molecule has 1 aliphatic carbocycles. The van der Waals surface area contributed by atoms with Crippen LogP contribution in [0.5, 0.6) is 0 Å². The van der Waals surface area contributed by atoms with Crippen molar-refractivity contribution in [3.05, 3.63) is 96.1 Å². The Morgan fingerprint density at radius 3 is 2.41 bits per heavy atom. The third kappa shape index (κ3) is 7.41. The van der Waals surface area contributed by atoms with Gasteiger partial charge in [0.05, 0.1) is 6.04 Å². The van der Waals surface area contributed by atoms with Crippen LogP contribution in [0, 0.1) is 11.8 Å². The van der Waals surface area contributed by atoms with Gasteiger partial charge < -0.3 is 14.8 Å². The Morgan fingerprint density at radius 2 is 1.72 bits per heavy atom. The highest BCUT2D eigenvalue weighted by atomic mass is 16.5. The molecule has 4 unspecified atom stereocenters. The van der Waals surface area contributed by atoms with Gasteiger partial charge in [-0.2, -0.15) is 0 Å².